The van der Waals surface area contributed by atoms with Gasteiger partial charge < -0.3 is 9.64 Å². The number of aromatic nitrogens is 2. The molecule has 0 aromatic carbocycles. The molecule has 1 fully saturated rings. The zero-order valence-electron chi connectivity index (χ0n) is 12.1. The standard InChI is InChI=1S/C14H20ClN3O2/c1-14(2,3)20-13(19)18-8-4-5-10(9-18)11-6-7-16-12(15)17-11/h6-7,10H,4-5,8-9H2,1-3H3. The number of hydrogen-bond donors (Lipinski definition) is 0. The van der Waals surface area contributed by atoms with E-state index in [1.807, 2.05) is 26.8 Å². The molecule has 5 nitrogen and oxygen atoms in total. The predicted molar refractivity (Wildman–Crippen MR) is 76.8 cm³/mol. The Labute approximate surface area is 124 Å². The van der Waals surface area contributed by atoms with Crippen LogP contribution in [0.3, 0.4) is 0 Å². The Balaban J connectivity index is 2.03. The lowest BCUT2D eigenvalue weighted by Crippen LogP contribution is -2.42. The van der Waals surface area contributed by atoms with Crippen molar-refractivity contribution < 1.29 is 9.53 Å². The van der Waals surface area contributed by atoms with E-state index in [0.29, 0.717) is 6.54 Å². The smallest absolute Gasteiger partial charge is 0.410 e. The Morgan fingerprint density at radius 1 is 1.50 bits per heavy atom. The largest absolute Gasteiger partial charge is 0.444 e. The van der Waals surface area contributed by atoms with Gasteiger partial charge in [-0.3, -0.25) is 0 Å². The molecule has 0 aliphatic carbocycles. The molecule has 0 spiro atoms. The number of carbonyl (C=O) groups excluding carboxylic acids is 1. The fourth-order valence-corrected chi connectivity index (χ4v) is 2.44. The molecule has 1 aliphatic rings. The Bertz CT molecular complexity index is 488. The molecule has 1 aliphatic heterocycles. The average molecular weight is 298 g/mol. The van der Waals surface area contributed by atoms with E-state index >= 15 is 0 Å². The monoisotopic (exact) mass is 297 g/mol. The molecule has 110 valence electrons. The van der Waals surface area contributed by atoms with E-state index in [-0.39, 0.29) is 17.3 Å². The number of halogens is 1. The SMILES string of the molecule is CC(C)(C)OC(=O)N1CCCC(c2ccnc(Cl)n2)C1. The van der Waals surface area contributed by atoms with Crippen molar-refractivity contribution in [2.24, 2.45) is 0 Å². The van der Waals surface area contributed by atoms with Crippen LogP contribution >= 0.6 is 11.6 Å². The van der Waals surface area contributed by atoms with Crippen LogP contribution in [0.2, 0.25) is 5.28 Å². The summed E-state index contributed by atoms with van der Waals surface area (Å²) in [6.07, 6.45) is 3.32. The number of piperidine rings is 1. The average Bonchev–Trinajstić information content (AvgIpc) is 2.37. The summed E-state index contributed by atoms with van der Waals surface area (Å²) >= 11 is 5.82. The maximum absolute atomic E-state index is 12.1. The number of hydrogen-bond acceptors (Lipinski definition) is 4. The third kappa shape index (κ3) is 4.07. The summed E-state index contributed by atoms with van der Waals surface area (Å²) in [7, 11) is 0. The van der Waals surface area contributed by atoms with E-state index in [1.165, 1.54) is 0 Å². The maximum atomic E-state index is 12.1. The summed E-state index contributed by atoms with van der Waals surface area (Å²) in [5.74, 6) is 0.191. The number of nitrogens with zero attached hydrogens (tertiary/aromatic N) is 3. The first-order valence-electron chi connectivity index (χ1n) is 6.81. The van der Waals surface area contributed by atoms with Crippen LogP contribution < -0.4 is 0 Å². The van der Waals surface area contributed by atoms with Gasteiger partial charge in [-0.05, 0) is 51.3 Å². The van der Waals surface area contributed by atoms with Crippen LogP contribution in [0.5, 0.6) is 0 Å². The van der Waals surface area contributed by atoms with Gasteiger partial charge >= 0.3 is 6.09 Å². The van der Waals surface area contributed by atoms with Gasteiger partial charge in [0.25, 0.3) is 0 Å². The highest BCUT2D eigenvalue weighted by Crippen LogP contribution is 2.26. The predicted octanol–water partition coefficient (Wildman–Crippen LogP) is 3.24. The molecule has 0 saturated carbocycles. The number of ether oxygens (including phenoxy) is 1. The first-order chi connectivity index (χ1) is 9.35. The number of likely N-dealkylation sites (tertiary alicyclic amines) is 1. The minimum absolute atomic E-state index is 0.191. The van der Waals surface area contributed by atoms with Crippen LogP contribution in [0, 0.1) is 0 Å². The number of rotatable bonds is 1. The third-order valence-electron chi connectivity index (χ3n) is 3.14. The van der Waals surface area contributed by atoms with E-state index in [9.17, 15) is 4.79 Å². The van der Waals surface area contributed by atoms with Crippen LogP contribution in [0.25, 0.3) is 0 Å². The van der Waals surface area contributed by atoms with Crippen LogP contribution in [-0.4, -0.2) is 39.7 Å². The van der Waals surface area contributed by atoms with Gasteiger partial charge in [-0.25, -0.2) is 14.8 Å². The number of carbonyl (C=O) groups is 1. The maximum Gasteiger partial charge on any atom is 0.410 e. The lowest BCUT2D eigenvalue weighted by molar-refractivity contribution is 0.0197. The van der Waals surface area contributed by atoms with Crippen molar-refractivity contribution in [3.8, 4) is 0 Å². The fourth-order valence-electron chi connectivity index (χ4n) is 2.29. The summed E-state index contributed by atoms with van der Waals surface area (Å²) in [6, 6.07) is 1.86. The molecule has 1 aromatic heterocycles. The van der Waals surface area contributed by atoms with Gasteiger partial charge in [-0.2, -0.15) is 0 Å². The van der Waals surface area contributed by atoms with Crippen LogP contribution in [0.15, 0.2) is 12.3 Å². The summed E-state index contributed by atoms with van der Waals surface area (Å²) in [5, 5.41) is 0.247. The van der Waals surface area contributed by atoms with Crippen molar-refractivity contribution in [2.45, 2.75) is 45.1 Å². The molecule has 0 bridgehead atoms. The van der Waals surface area contributed by atoms with E-state index < -0.39 is 5.60 Å². The van der Waals surface area contributed by atoms with Gasteiger partial charge in [-0.1, -0.05) is 0 Å². The van der Waals surface area contributed by atoms with E-state index in [2.05, 4.69) is 9.97 Å². The normalized spacial score (nSPS) is 19.8. The Morgan fingerprint density at radius 3 is 2.90 bits per heavy atom. The second-order valence-electron chi connectivity index (χ2n) is 6.02. The minimum Gasteiger partial charge on any atom is -0.444 e. The molecule has 1 aromatic rings. The Kier molecular flexibility index (Phi) is 4.48. The van der Waals surface area contributed by atoms with Gasteiger partial charge in [0.1, 0.15) is 5.60 Å². The third-order valence-corrected chi connectivity index (χ3v) is 3.32. The first kappa shape index (κ1) is 15.0. The molecule has 2 rings (SSSR count). The molecule has 1 unspecified atom stereocenters. The lowest BCUT2D eigenvalue weighted by atomic mass is 9.95. The van der Waals surface area contributed by atoms with Gasteiger partial charge in [0.15, 0.2) is 0 Å². The number of amides is 1. The van der Waals surface area contributed by atoms with Crippen molar-refractivity contribution in [2.75, 3.05) is 13.1 Å². The topological polar surface area (TPSA) is 55.3 Å². The highest BCUT2D eigenvalue weighted by molar-refractivity contribution is 6.28. The van der Waals surface area contributed by atoms with Gasteiger partial charge in [-0.15, -0.1) is 0 Å². The van der Waals surface area contributed by atoms with E-state index in [1.54, 1.807) is 11.1 Å². The van der Waals surface area contributed by atoms with Crippen LogP contribution in [0.1, 0.15) is 45.2 Å². The fraction of sp³-hybridized carbons (Fsp3) is 0.643. The van der Waals surface area contributed by atoms with Crippen molar-refractivity contribution in [3.63, 3.8) is 0 Å². The van der Waals surface area contributed by atoms with Gasteiger partial charge in [0.2, 0.25) is 5.28 Å². The summed E-state index contributed by atoms with van der Waals surface area (Å²) in [4.78, 5) is 22.0. The zero-order valence-corrected chi connectivity index (χ0v) is 12.9. The Morgan fingerprint density at radius 2 is 2.25 bits per heavy atom. The first-order valence-corrected chi connectivity index (χ1v) is 7.19. The van der Waals surface area contributed by atoms with Crippen molar-refractivity contribution in [1.82, 2.24) is 14.9 Å². The van der Waals surface area contributed by atoms with E-state index in [4.69, 9.17) is 16.3 Å². The lowest BCUT2D eigenvalue weighted by Gasteiger charge is -2.33. The second kappa shape index (κ2) is 5.95. The van der Waals surface area contributed by atoms with Gasteiger partial charge in [0, 0.05) is 25.2 Å². The Hall–Kier alpha value is -1.36. The molecule has 0 N–H and O–H groups in total. The highest BCUT2D eigenvalue weighted by atomic mass is 35.5. The molecule has 0 radical (unpaired) electrons. The minimum atomic E-state index is -0.470. The molecule has 1 atom stereocenters. The van der Waals surface area contributed by atoms with Crippen molar-refractivity contribution in [1.29, 1.82) is 0 Å². The molecule has 2 heterocycles. The quantitative estimate of drug-likeness (QED) is 0.747. The van der Waals surface area contributed by atoms with Crippen molar-refractivity contribution >= 4 is 17.7 Å². The molecule has 1 saturated heterocycles. The van der Waals surface area contributed by atoms with Crippen LogP contribution in [-0.2, 0) is 4.74 Å². The van der Waals surface area contributed by atoms with Crippen LogP contribution in [0.4, 0.5) is 4.79 Å². The molecule has 1 amide bonds. The molecular weight excluding hydrogens is 278 g/mol. The zero-order chi connectivity index (χ0) is 14.8. The summed E-state index contributed by atoms with van der Waals surface area (Å²) < 4.78 is 5.41. The summed E-state index contributed by atoms with van der Waals surface area (Å²) in [5.41, 5.74) is 0.417. The molecular formula is C14H20ClN3O2. The van der Waals surface area contributed by atoms with Crippen molar-refractivity contribution in [3.05, 3.63) is 23.2 Å². The van der Waals surface area contributed by atoms with Gasteiger partial charge in [0.05, 0.1) is 5.69 Å². The molecule has 20 heavy (non-hydrogen) atoms. The van der Waals surface area contributed by atoms with E-state index in [0.717, 1.165) is 25.1 Å². The molecule has 6 heteroatoms. The second-order valence-corrected chi connectivity index (χ2v) is 6.35. The summed E-state index contributed by atoms with van der Waals surface area (Å²) in [6.45, 7) is 6.95. The highest BCUT2D eigenvalue weighted by Gasteiger charge is 2.28.